The van der Waals surface area contributed by atoms with Crippen LogP contribution in [0.3, 0.4) is 0 Å². The van der Waals surface area contributed by atoms with Crippen LogP contribution in [0, 0.1) is 16.7 Å². The van der Waals surface area contributed by atoms with Crippen LogP contribution in [-0.2, 0) is 9.59 Å². The lowest BCUT2D eigenvalue weighted by Crippen LogP contribution is -2.25. The lowest BCUT2D eigenvalue weighted by Gasteiger charge is -2.09. The average molecular weight is 474 g/mol. The number of aromatic amines is 2. The molecule has 180 valence electrons. The third-order valence-electron chi connectivity index (χ3n) is 5.50. The van der Waals surface area contributed by atoms with Crippen LogP contribution in [0.1, 0.15) is 32.0 Å². The predicted molar refractivity (Wildman–Crippen MR) is 133 cm³/mol. The lowest BCUT2D eigenvalue weighted by atomic mass is 10.1. The highest BCUT2D eigenvalue weighted by Gasteiger charge is 2.18. The van der Waals surface area contributed by atoms with Crippen LogP contribution in [0.25, 0.3) is 17.2 Å². The second-order valence-electron chi connectivity index (χ2n) is 8.21. The highest BCUT2D eigenvalue weighted by atomic mass is 16.2. The van der Waals surface area contributed by atoms with Crippen molar-refractivity contribution < 1.29 is 9.59 Å². The Kier molecular flexibility index (Phi) is 6.58. The molecule has 6 N–H and O–H groups in total. The molecule has 0 aliphatic carbocycles. The largest absolute Gasteiger partial charge is 0.382 e. The molecule has 0 saturated heterocycles. The van der Waals surface area contributed by atoms with E-state index in [9.17, 15) is 9.59 Å². The van der Waals surface area contributed by atoms with Crippen molar-refractivity contribution in [1.82, 2.24) is 30.5 Å². The summed E-state index contributed by atoms with van der Waals surface area (Å²) < 4.78 is 0. The van der Waals surface area contributed by atoms with Gasteiger partial charge in [0.2, 0.25) is 5.91 Å². The fourth-order valence-corrected chi connectivity index (χ4v) is 3.58. The maximum atomic E-state index is 12.3. The van der Waals surface area contributed by atoms with E-state index in [2.05, 4.69) is 40.8 Å². The summed E-state index contributed by atoms with van der Waals surface area (Å²) in [6.07, 6.45) is 8.82. The van der Waals surface area contributed by atoms with Gasteiger partial charge in [-0.05, 0) is 30.7 Å². The van der Waals surface area contributed by atoms with Crippen molar-refractivity contribution in [1.29, 1.82) is 0 Å². The van der Waals surface area contributed by atoms with Crippen molar-refractivity contribution in [2.24, 2.45) is 10.9 Å². The smallest absolute Gasteiger partial charge is 0.253 e. The third kappa shape index (κ3) is 4.74. The van der Waals surface area contributed by atoms with E-state index in [1.165, 1.54) is 0 Å². The number of H-pyrrole nitrogens is 2. The monoisotopic (exact) mass is 473 g/mol. The number of nitrogens with two attached hydrogens (primary N) is 1. The standard InChI is InChI=1S/C24H27N9O2/c1-5-13(14-8-15(11-27-10-14)29-23(34)12(2)3)9-17-19(32-33-20(17)25)22-30-18-16(24(35)26-4)6-7-28-21(18)31-22/h5-6,8-12,32H,7H2,1-4H3,(H2,25,33)(H,26,35)(H,28,31)(H,29,34)/b13-5+,17-9-,22-19?. The second kappa shape index (κ2) is 9.75. The number of anilines is 2. The molecule has 0 spiro atoms. The molecule has 2 amide bonds. The molecule has 0 bridgehead atoms. The summed E-state index contributed by atoms with van der Waals surface area (Å²) in [5.41, 5.74) is 10.3. The van der Waals surface area contributed by atoms with Gasteiger partial charge in [0.1, 0.15) is 11.0 Å². The highest BCUT2D eigenvalue weighted by Crippen LogP contribution is 2.19. The van der Waals surface area contributed by atoms with Crippen LogP contribution in [0.5, 0.6) is 0 Å². The molecule has 1 aliphatic rings. The minimum Gasteiger partial charge on any atom is -0.382 e. The number of nitrogens with zero attached hydrogens (tertiary/aromatic N) is 4. The van der Waals surface area contributed by atoms with E-state index >= 15 is 0 Å². The number of fused-ring (bicyclic) bond motifs is 1. The van der Waals surface area contributed by atoms with Crippen molar-refractivity contribution in [3.05, 3.63) is 63.4 Å². The molecule has 11 heteroatoms. The summed E-state index contributed by atoms with van der Waals surface area (Å²) >= 11 is 0. The number of nitrogens with one attached hydrogen (secondary N) is 4. The van der Waals surface area contributed by atoms with Crippen LogP contribution in [0.2, 0.25) is 0 Å². The summed E-state index contributed by atoms with van der Waals surface area (Å²) in [6.45, 7) is 5.93. The summed E-state index contributed by atoms with van der Waals surface area (Å²) in [5, 5.41) is 13.8. The molecule has 3 aromatic heterocycles. The number of rotatable bonds is 5. The number of allylic oxidation sites excluding steroid dienone is 2. The van der Waals surface area contributed by atoms with Crippen LogP contribution in [-0.4, -0.2) is 50.6 Å². The number of likely N-dealkylation sites (N-methyl/N-ethyl adjacent to an activating group) is 1. The Bertz CT molecular complexity index is 1580. The predicted octanol–water partition coefficient (Wildman–Crippen LogP) is 0.638. The Balaban J connectivity index is 1.84. The van der Waals surface area contributed by atoms with Crippen molar-refractivity contribution >= 4 is 40.5 Å². The second-order valence-corrected chi connectivity index (χ2v) is 8.21. The first-order chi connectivity index (χ1) is 16.8. The van der Waals surface area contributed by atoms with Crippen molar-refractivity contribution in [3.63, 3.8) is 0 Å². The van der Waals surface area contributed by atoms with Gasteiger partial charge in [-0.25, -0.2) is 4.98 Å². The first-order valence-electron chi connectivity index (χ1n) is 11.1. The average Bonchev–Trinajstić information content (AvgIpc) is 3.45. The third-order valence-corrected chi connectivity index (χ3v) is 5.50. The number of aromatic nitrogens is 5. The molecule has 35 heavy (non-hydrogen) atoms. The van der Waals surface area contributed by atoms with Crippen molar-refractivity contribution in [2.75, 3.05) is 24.6 Å². The summed E-state index contributed by atoms with van der Waals surface area (Å²) in [6, 6.07) is 1.85. The Morgan fingerprint density at radius 3 is 2.77 bits per heavy atom. The molecule has 0 saturated carbocycles. The van der Waals surface area contributed by atoms with Gasteiger partial charge in [-0.2, -0.15) is 5.10 Å². The van der Waals surface area contributed by atoms with Crippen LogP contribution < -0.4 is 27.1 Å². The van der Waals surface area contributed by atoms with E-state index in [1.54, 1.807) is 25.5 Å². The minimum atomic E-state index is -0.233. The zero-order valence-corrected chi connectivity index (χ0v) is 19.9. The normalized spacial score (nSPS) is 14.8. The summed E-state index contributed by atoms with van der Waals surface area (Å²) in [4.78, 5) is 40.8. The molecule has 0 fully saturated rings. The SMILES string of the molecule is C/C=C(\C=c1/c(N)n[nH]c1=c1nc2c([nH]1)=NCC=C2C(=O)NC)c1cncc(NC(=O)C(C)C)c1. The van der Waals surface area contributed by atoms with E-state index < -0.39 is 0 Å². The number of imidazole rings is 1. The first-order valence-corrected chi connectivity index (χ1v) is 11.1. The maximum absolute atomic E-state index is 12.3. The quantitative estimate of drug-likeness (QED) is 0.364. The molecule has 1 aliphatic heterocycles. The van der Waals surface area contributed by atoms with E-state index in [4.69, 9.17) is 5.73 Å². The summed E-state index contributed by atoms with van der Waals surface area (Å²) in [5.74, 6) is -0.189. The molecular formula is C24H27N9O2. The zero-order chi connectivity index (χ0) is 25.1. The molecule has 0 radical (unpaired) electrons. The molecule has 4 rings (SSSR count). The molecule has 4 heterocycles. The Hall–Kier alpha value is -4.54. The number of pyridine rings is 1. The van der Waals surface area contributed by atoms with Crippen LogP contribution in [0.4, 0.5) is 11.5 Å². The number of amides is 2. The van der Waals surface area contributed by atoms with Gasteiger partial charge < -0.3 is 21.4 Å². The van der Waals surface area contributed by atoms with Gasteiger partial charge in [0.05, 0.1) is 24.0 Å². The fourth-order valence-electron chi connectivity index (χ4n) is 3.58. The number of carbonyl (C=O) groups is 2. The minimum absolute atomic E-state index is 0.0892. The number of carbonyl (C=O) groups excluding carboxylic acids is 2. The van der Waals surface area contributed by atoms with Crippen LogP contribution in [0.15, 0.2) is 35.6 Å². The van der Waals surface area contributed by atoms with Gasteiger partial charge in [-0.15, -0.1) is 0 Å². The summed E-state index contributed by atoms with van der Waals surface area (Å²) in [7, 11) is 1.57. The van der Waals surface area contributed by atoms with Crippen LogP contribution >= 0.6 is 0 Å². The van der Waals surface area contributed by atoms with Gasteiger partial charge in [0.25, 0.3) is 5.91 Å². The van der Waals surface area contributed by atoms with E-state index in [0.717, 1.165) is 11.1 Å². The topological polar surface area (TPSA) is 167 Å². The van der Waals surface area contributed by atoms with E-state index in [-0.39, 0.29) is 23.6 Å². The molecule has 0 aromatic carbocycles. The van der Waals surface area contributed by atoms with Gasteiger partial charge in [0, 0.05) is 29.9 Å². The Morgan fingerprint density at radius 1 is 1.26 bits per heavy atom. The zero-order valence-electron chi connectivity index (χ0n) is 19.9. The highest BCUT2D eigenvalue weighted by molar-refractivity contribution is 6.18. The Labute approximate surface area is 200 Å². The van der Waals surface area contributed by atoms with Gasteiger partial charge in [-0.3, -0.25) is 24.7 Å². The van der Waals surface area contributed by atoms with E-state index in [0.29, 0.717) is 45.0 Å². The number of nitrogen functional groups attached to an aromatic ring is 1. The lowest BCUT2D eigenvalue weighted by molar-refractivity contribution is -0.119. The van der Waals surface area contributed by atoms with Gasteiger partial charge in [-0.1, -0.05) is 19.9 Å². The molecule has 0 unspecified atom stereocenters. The fraction of sp³-hybridized carbons (Fsp3) is 0.250. The first kappa shape index (κ1) is 23.6. The maximum Gasteiger partial charge on any atom is 0.253 e. The van der Waals surface area contributed by atoms with Gasteiger partial charge >= 0.3 is 0 Å². The van der Waals surface area contributed by atoms with E-state index in [1.807, 2.05) is 39.0 Å². The van der Waals surface area contributed by atoms with Crippen molar-refractivity contribution in [3.8, 4) is 0 Å². The van der Waals surface area contributed by atoms with Gasteiger partial charge in [0.15, 0.2) is 16.8 Å². The van der Waals surface area contributed by atoms with Crippen molar-refractivity contribution in [2.45, 2.75) is 20.8 Å². The molecule has 3 aromatic rings. The number of hydrogen-bond acceptors (Lipinski definition) is 7. The molecule has 0 atom stereocenters. The molecular weight excluding hydrogens is 446 g/mol. The Morgan fingerprint density at radius 2 is 2.06 bits per heavy atom. The number of hydrogen-bond donors (Lipinski definition) is 5. The molecule has 11 nitrogen and oxygen atoms in total.